The topological polar surface area (TPSA) is 63.3 Å². The van der Waals surface area contributed by atoms with Gasteiger partial charge in [-0.2, -0.15) is 0 Å². The molecule has 1 aromatic carbocycles. The molecule has 1 rings (SSSR count). The maximum atomic E-state index is 13.2. The molecule has 0 fully saturated rings. The lowest BCUT2D eigenvalue weighted by molar-refractivity contribution is -0.137. The van der Waals surface area contributed by atoms with E-state index in [0.717, 1.165) is 12.1 Å². The van der Waals surface area contributed by atoms with Crippen molar-refractivity contribution in [2.24, 2.45) is 5.73 Å². The van der Waals surface area contributed by atoms with Crippen molar-refractivity contribution in [3.63, 3.8) is 0 Å². The highest BCUT2D eigenvalue weighted by Crippen LogP contribution is 2.22. The van der Waals surface area contributed by atoms with E-state index in [1.807, 2.05) is 0 Å². The highest BCUT2D eigenvalue weighted by Gasteiger charge is 2.18. The minimum atomic E-state index is -1.59. The molecule has 0 aliphatic rings. The summed E-state index contributed by atoms with van der Waals surface area (Å²) in [6.07, 6.45) is -0.309. The first-order valence-electron chi connectivity index (χ1n) is 4.54. The third-order valence-corrected chi connectivity index (χ3v) is 2.13. The van der Waals surface area contributed by atoms with Gasteiger partial charge in [-0.1, -0.05) is 6.07 Å². The van der Waals surface area contributed by atoms with Gasteiger partial charge in [-0.3, -0.25) is 4.79 Å². The van der Waals surface area contributed by atoms with Crippen molar-refractivity contribution < 1.29 is 23.1 Å². The van der Waals surface area contributed by atoms with E-state index in [4.69, 9.17) is 10.8 Å². The summed E-state index contributed by atoms with van der Waals surface area (Å²) in [5, 5.41) is 8.39. The molecule has 3 nitrogen and oxygen atoms in total. The molecule has 16 heavy (non-hydrogen) atoms. The van der Waals surface area contributed by atoms with Crippen LogP contribution < -0.4 is 5.73 Å². The van der Waals surface area contributed by atoms with Crippen LogP contribution in [0, 0.1) is 17.5 Å². The number of rotatable bonds is 4. The molecular formula is C10H10F3NO2. The standard InChI is InChI=1S/C10H10F3NO2/c11-6-2-1-5(9(12)10(6)13)7(14)3-4-8(15)16/h1-2,7H,3-4,14H2,(H,15,16). The lowest BCUT2D eigenvalue weighted by Gasteiger charge is -2.12. The number of hydrogen-bond donors (Lipinski definition) is 2. The summed E-state index contributed by atoms with van der Waals surface area (Å²) in [7, 11) is 0. The average molecular weight is 233 g/mol. The lowest BCUT2D eigenvalue weighted by Crippen LogP contribution is -2.15. The molecule has 0 saturated carbocycles. The maximum Gasteiger partial charge on any atom is 0.303 e. The van der Waals surface area contributed by atoms with Gasteiger partial charge in [-0.05, 0) is 12.5 Å². The molecule has 1 aromatic rings. The smallest absolute Gasteiger partial charge is 0.303 e. The first-order chi connectivity index (χ1) is 7.43. The fraction of sp³-hybridized carbons (Fsp3) is 0.300. The van der Waals surface area contributed by atoms with E-state index in [9.17, 15) is 18.0 Å². The first kappa shape index (κ1) is 12.5. The predicted octanol–water partition coefficient (Wildman–Crippen LogP) is 1.97. The van der Waals surface area contributed by atoms with Crippen molar-refractivity contribution in [1.29, 1.82) is 0 Å². The highest BCUT2D eigenvalue weighted by molar-refractivity contribution is 5.66. The number of nitrogens with two attached hydrogens (primary N) is 1. The molecule has 0 aliphatic heterocycles. The normalized spacial score (nSPS) is 12.5. The summed E-state index contributed by atoms with van der Waals surface area (Å²) in [6.45, 7) is 0. The van der Waals surface area contributed by atoms with Crippen molar-refractivity contribution >= 4 is 5.97 Å². The van der Waals surface area contributed by atoms with Gasteiger partial charge in [0.1, 0.15) is 0 Å². The molecule has 0 aliphatic carbocycles. The van der Waals surface area contributed by atoms with E-state index < -0.39 is 29.5 Å². The third kappa shape index (κ3) is 2.73. The molecule has 0 bridgehead atoms. The quantitative estimate of drug-likeness (QED) is 0.781. The van der Waals surface area contributed by atoms with Crippen LogP contribution in [0.25, 0.3) is 0 Å². The number of benzene rings is 1. The van der Waals surface area contributed by atoms with Crippen LogP contribution in [-0.2, 0) is 4.79 Å². The number of hydrogen-bond acceptors (Lipinski definition) is 2. The van der Waals surface area contributed by atoms with Gasteiger partial charge in [0.25, 0.3) is 0 Å². The van der Waals surface area contributed by atoms with Crippen molar-refractivity contribution in [1.82, 2.24) is 0 Å². The van der Waals surface area contributed by atoms with Crippen LogP contribution in [0.5, 0.6) is 0 Å². The Morgan fingerprint density at radius 3 is 2.50 bits per heavy atom. The predicted molar refractivity (Wildman–Crippen MR) is 50.1 cm³/mol. The molecule has 0 heterocycles. The molecule has 0 spiro atoms. The minimum absolute atomic E-state index is 0.0443. The van der Waals surface area contributed by atoms with Crippen LogP contribution in [0.4, 0.5) is 13.2 Å². The second kappa shape index (κ2) is 4.98. The summed E-state index contributed by atoms with van der Waals surface area (Å²) in [5.41, 5.74) is 5.25. The Kier molecular flexibility index (Phi) is 3.89. The van der Waals surface area contributed by atoms with Crippen LogP contribution in [-0.4, -0.2) is 11.1 Å². The van der Waals surface area contributed by atoms with Gasteiger partial charge in [-0.25, -0.2) is 13.2 Å². The van der Waals surface area contributed by atoms with Gasteiger partial charge in [0.15, 0.2) is 17.5 Å². The average Bonchev–Trinajstić information content (AvgIpc) is 2.23. The Labute approximate surface area is 89.7 Å². The van der Waals surface area contributed by atoms with Crippen molar-refractivity contribution in [3.8, 4) is 0 Å². The molecule has 1 unspecified atom stereocenters. The van der Waals surface area contributed by atoms with Gasteiger partial charge in [-0.15, -0.1) is 0 Å². The summed E-state index contributed by atoms with van der Waals surface area (Å²) >= 11 is 0. The molecule has 0 radical (unpaired) electrons. The van der Waals surface area contributed by atoms with Crippen molar-refractivity contribution in [3.05, 3.63) is 35.1 Å². The van der Waals surface area contributed by atoms with Gasteiger partial charge in [0.05, 0.1) is 0 Å². The number of aliphatic carboxylic acids is 1. The number of halogens is 3. The zero-order valence-electron chi connectivity index (χ0n) is 8.21. The minimum Gasteiger partial charge on any atom is -0.481 e. The Hall–Kier alpha value is -1.56. The van der Waals surface area contributed by atoms with Gasteiger partial charge < -0.3 is 10.8 Å². The molecule has 0 saturated heterocycles. The van der Waals surface area contributed by atoms with E-state index >= 15 is 0 Å². The largest absolute Gasteiger partial charge is 0.481 e. The van der Waals surface area contributed by atoms with Gasteiger partial charge in [0, 0.05) is 18.0 Å². The second-order valence-electron chi connectivity index (χ2n) is 3.30. The van der Waals surface area contributed by atoms with E-state index in [1.54, 1.807) is 0 Å². The summed E-state index contributed by atoms with van der Waals surface area (Å²) in [5.74, 6) is -5.34. The third-order valence-electron chi connectivity index (χ3n) is 2.13. The number of carboxylic acids is 1. The Bertz CT molecular complexity index is 409. The van der Waals surface area contributed by atoms with E-state index in [-0.39, 0.29) is 18.4 Å². The fourth-order valence-electron chi connectivity index (χ4n) is 1.26. The van der Waals surface area contributed by atoms with Crippen LogP contribution in [0.3, 0.4) is 0 Å². The van der Waals surface area contributed by atoms with Crippen molar-refractivity contribution in [2.45, 2.75) is 18.9 Å². The van der Waals surface area contributed by atoms with Crippen LogP contribution in [0.1, 0.15) is 24.4 Å². The monoisotopic (exact) mass is 233 g/mol. The van der Waals surface area contributed by atoms with E-state index in [2.05, 4.69) is 0 Å². The van der Waals surface area contributed by atoms with Gasteiger partial charge >= 0.3 is 5.97 Å². The molecule has 0 aromatic heterocycles. The van der Waals surface area contributed by atoms with Crippen LogP contribution >= 0.6 is 0 Å². The van der Waals surface area contributed by atoms with E-state index in [1.165, 1.54) is 0 Å². The van der Waals surface area contributed by atoms with E-state index in [0.29, 0.717) is 0 Å². The number of carboxylic acid groups (broad SMARTS) is 1. The van der Waals surface area contributed by atoms with Crippen LogP contribution in [0.2, 0.25) is 0 Å². The fourth-order valence-corrected chi connectivity index (χ4v) is 1.26. The molecule has 88 valence electrons. The Balaban J connectivity index is 2.87. The highest BCUT2D eigenvalue weighted by atomic mass is 19.2. The summed E-state index contributed by atoms with van der Waals surface area (Å²) < 4.78 is 38.6. The first-order valence-corrected chi connectivity index (χ1v) is 4.54. The molecule has 3 N–H and O–H groups in total. The molecule has 6 heteroatoms. The Morgan fingerprint density at radius 2 is 1.94 bits per heavy atom. The Morgan fingerprint density at radius 1 is 1.31 bits per heavy atom. The summed E-state index contributed by atoms with van der Waals surface area (Å²) in [4.78, 5) is 10.3. The van der Waals surface area contributed by atoms with Gasteiger partial charge in [0.2, 0.25) is 0 Å². The van der Waals surface area contributed by atoms with Crippen molar-refractivity contribution in [2.75, 3.05) is 0 Å². The molecule has 1 atom stereocenters. The summed E-state index contributed by atoms with van der Waals surface area (Å²) in [6, 6.07) is 0.806. The zero-order valence-corrected chi connectivity index (χ0v) is 8.21. The molecule has 0 amide bonds. The SMILES string of the molecule is NC(CCC(=O)O)c1ccc(F)c(F)c1F. The molecular weight excluding hydrogens is 223 g/mol. The number of carbonyl (C=O) groups is 1. The second-order valence-corrected chi connectivity index (χ2v) is 3.30. The maximum absolute atomic E-state index is 13.2. The lowest BCUT2D eigenvalue weighted by atomic mass is 10.0. The zero-order chi connectivity index (χ0) is 12.3. The van der Waals surface area contributed by atoms with Crippen LogP contribution in [0.15, 0.2) is 12.1 Å².